The number of rotatable bonds is 5. The van der Waals surface area contributed by atoms with E-state index in [-0.39, 0.29) is 17.7 Å². The van der Waals surface area contributed by atoms with Gasteiger partial charge in [-0.25, -0.2) is 0 Å². The van der Waals surface area contributed by atoms with Crippen molar-refractivity contribution in [1.29, 1.82) is 0 Å². The van der Waals surface area contributed by atoms with Crippen LogP contribution in [0.2, 0.25) is 10.0 Å². The number of methoxy groups -OCH3 is 2. The third kappa shape index (κ3) is 4.95. The third-order valence-corrected chi connectivity index (χ3v) is 5.53. The number of carbonyl (C=O) groups is 2. The summed E-state index contributed by atoms with van der Waals surface area (Å²) in [6.07, 6.45) is 1.14. The normalized spacial score (nSPS) is 14.4. The lowest BCUT2D eigenvalue weighted by Crippen LogP contribution is -2.41. The van der Waals surface area contributed by atoms with Crippen LogP contribution in [0.1, 0.15) is 23.2 Å². The van der Waals surface area contributed by atoms with Crippen LogP contribution < -0.4 is 14.8 Å². The lowest BCUT2D eigenvalue weighted by Gasteiger charge is -2.31. The van der Waals surface area contributed by atoms with Gasteiger partial charge in [-0.3, -0.25) is 9.59 Å². The van der Waals surface area contributed by atoms with Crippen LogP contribution in [0, 0.1) is 5.92 Å². The van der Waals surface area contributed by atoms with Gasteiger partial charge >= 0.3 is 0 Å². The van der Waals surface area contributed by atoms with Gasteiger partial charge in [-0.2, -0.15) is 0 Å². The van der Waals surface area contributed by atoms with Gasteiger partial charge in [0.25, 0.3) is 5.91 Å². The van der Waals surface area contributed by atoms with Crippen LogP contribution in [0.4, 0.5) is 5.69 Å². The van der Waals surface area contributed by atoms with E-state index < -0.39 is 0 Å². The molecule has 1 heterocycles. The maximum absolute atomic E-state index is 12.7. The average Bonchev–Trinajstić information content (AvgIpc) is 2.73. The van der Waals surface area contributed by atoms with Crippen molar-refractivity contribution in [3.05, 3.63) is 52.0 Å². The second-order valence-electron chi connectivity index (χ2n) is 6.75. The van der Waals surface area contributed by atoms with Gasteiger partial charge in [0.2, 0.25) is 5.91 Å². The molecule has 1 aliphatic rings. The van der Waals surface area contributed by atoms with E-state index in [0.717, 1.165) is 0 Å². The summed E-state index contributed by atoms with van der Waals surface area (Å²) >= 11 is 12.0. The average molecular weight is 437 g/mol. The van der Waals surface area contributed by atoms with Gasteiger partial charge in [-0.1, -0.05) is 23.2 Å². The quantitative estimate of drug-likeness (QED) is 0.748. The Kier molecular flexibility index (Phi) is 6.87. The molecule has 0 spiro atoms. The van der Waals surface area contributed by atoms with Crippen LogP contribution in [0.15, 0.2) is 36.4 Å². The van der Waals surface area contributed by atoms with Crippen molar-refractivity contribution in [3.63, 3.8) is 0 Å². The van der Waals surface area contributed by atoms with Crippen molar-refractivity contribution >= 4 is 40.7 Å². The highest BCUT2D eigenvalue weighted by molar-refractivity contribution is 6.36. The maximum atomic E-state index is 12.7. The molecule has 29 heavy (non-hydrogen) atoms. The summed E-state index contributed by atoms with van der Waals surface area (Å²) in [4.78, 5) is 27.1. The zero-order chi connectivity index (χ0) is 21.0. The molecule has 2 amide bonds. The molecule has 0 radical (unpaired) electrons. The van der Waals surface area contributed by atoms with Gasteiger partial charge < -0.3 is 19.7 Å². The Balaban J connectivity index is 1.60. The fourth-order valence-corrected chi connectivity index (χ4v) is 3.80. The first-order chi connectivity index (χ1) is 13.9. The molecule has 8 heteroatoms. The van der Waals surface area contributed by atoms with Gasteiger partial charge in [0.1, 0.15) is 11.5 Å². The van der Waals surface area contributed by atoms with Crippen molar-refractivity contribution in [2.75, 3.05) is 32.6 Å². The predicted molar refractivity (Wildman–Crippen MR) is 113 cm³/mol. The smallest absolute Gasteiger partial charge is 0.255 e. The standard InChI is InChI=1S/C21H22Cl2N2O4/c1-28-15-4-6-18(19(12-15)29-2)24-20(26)13-7-9-25(10-8-13)21(27)16-5-3-14(22)11-17(16)23/h3-6,11-13H,7-10H2,1-2H3,(H,24,26). The Morgan fingerprint density at radius 1 is 1.03 bits per heavy atom. The highest BCUT2D eigenvalue weighted by Crippen LogP contribution is 2.31. The van der Waals surface area contributed by atoms with Crippen LogP contribution in [0.5, 0.6) is 11.5 Å². The summed E-state index contributed by atoms with van der Waals surface area (Å²) in [6, 6.07) is 10.0. The van der Waals surface area contributed by atoms with Gasteiger partial charge in [0, 0.05) is 30.1 Å². The largest absolute Gasteiger partial charge is 0.497 e. The second-order valence-corrected chi connectivity index (χ2v) is 7.59. The summed E-state index contributed by atoms with van der Waals surface area (Å²) in [5, 5.41) is 3.72. The Morgan fingerprint density at radius 3 is 2.38 bits per heavy atom. The van der Waals surface area contributed by atoms with E-state index >= 15 is 0 Å². The predicted octanol–water partition coefficient (Wildman–Crippen LogP) is 4.50. The van der Waals surface area contributed by atoms with Gasteiger partial charge in [0.15, 0.2) is 0 Å². The van der Waals surface area contributed by atoms with Gasteiger partial charge in [-0.05, 0) is 43.2 Å². The molecular weight excluding hydrogens is 415 g/mol. The molecule has 2 aromatic carbocycles. The van der Waals surface area contributed by atoms with E-state index in [0.29, 0.717) is 58.7 Å². The molecule has 2 aromatic rings. The van der Waals surface area contributed by atoms with E-state index in [2.05, 4.69) is 5.32 Å². The molecule has 6 nitrogen and oxygen atoms in total. The van der Waals surface area contributed by atoms with Crippen LogP contribution in [-0.4, -0.2) is 44.0 Å². The number of amides is 2. The zero-order valence-corrected chi connectivity index (χ0v) is 17.7. The Hall–Kier alpha value is -2.44. The second kappa shape index (κ2) is 9.37. The van der Waals surface area contributed by atoms with Crippen molar-refractivity contribution in [3.8, 4) is 11.5 Å². The van der Waals surface area contributed by atoms with Crippen LogP contribution in [0.3, 0.4) is 0 Å². The van der Waals surface area contributed by atoms with Gasteiger partial charge in [-0.15, -0.1) is 0 Å². The first-order valence-electron chi connectivity index (χ1n) is 9.20. The number of likely N-dealkylation sites (tertiary alicyclic amines) is 1. The maximum Gasteiger partial charge on any atom is 0.255 e. The summed E-state index contributed by atoms with van der Waals surface area (Å²) < 4.78 is 10.5. The van der Waals surface area contributed by atoms with Crippen molar-refractivity contribution in [2.24, 2.45) is 5.92 Å². The number of anilines is 1. The number of hydrogen-bond donors (Lipinski definition) is 1. The number of nitrogens with zero attached hydrogens (tertiary/aromatic N) is 1. The molecule has 0 saturated carbocycles. The SMILES string of the molecule is COc1ccc(NC(=O)C2CCN(C(=O)c3ccc(Cl)cc3Cl)CC2)c(OC)c1. The van der Waals surface area contributed by atoms with Crippen LogP contribution in [0.25, 0.3) is 0 Å². The molecule has 1 fully saturated rings. The molecule has 154 valence electrons. The number of benzene rings is 2. The van der Waals surface area contributed by atoms with Crippen molar-refractivity contribution < 1.29 is 19.1 Å². The molecule has 0 unspecified atom stereocenters. The number of ether oxygens (including phenoxy) is 2. The molecule has 0 aliphatic carbocycles. The number of hydrogen-bond acceptors (Lipinski definition) is 4. The molecule has 0 bridgehead atoms. The molecule has 1 aliphatic heterocycles. The Morgan fingerprint density at radius 2 is 1.76 bits per heavy atom. The molecule has 3 rings (SSSR count). The summed E-state index contributed by atoms with van der Waals surface area (Å²) in [5.41, 5.74) is 1.01. The number of nitrogens with one attached hydrogen (secondary N) is 1. The monoisotopic (exact) mass is 436 g/mol. The molecule has 0 aromatic heterocycles. The minimum Gasteiger partial charge on any atom is -0.497 e. The Bertz CT molecular complexity index is 912. The fraction of sp³-hybridized carbons (Fsp3) is 0.333. The highest BCUT2D eigenvalue weighted by atomic mass is 35.5. The van der Waals surface area contributed by atoms with Gasteiger partial charge in [0.05, 0.1) is 30.5 Å². The van der Waals surface area contributed by atoms with E-state index in [1.165, 1.54) is 7.11 Å². The summed E-state index contributed by atoms with van der Waals surface area (Å²) in [7, 11) is 3.11. The first-order valence-corrected chi connectivity index (χ1v) is 9.95. The van der Waals surface area contributed by atoms with E-state index in [9.17, 15) is 9.59 Å². The van der Waals surface area contributed by atoms with Crippen LogP contribution in [-0.2, 0) is 4.79 Å². The lowest BCUT2D eigenvalue weighted by molar-refractivity contribution is -0.121. The zero-order valence-electron chi connectivity index (χ0n) is 16.2. The number of piperidine rings is 1. The number of carbonyl (C=O) groups excluding carboxylic acids is 2. The fourth-order valence-electron chi connectivity index (χ4n) is 3.31. The molecule has 1 N–H and O–H groups in total. The topological polar surface area (TPSA) is 67.9 Å². The van der Waals surface area contributed by atoms with Crippen molar-refractivity contribution in [2.45, 2.75) is 12.8 Å². The lowest BCUT2D eigenvalue weighted by atomic mass is 9.95. The van der Waals surface area contributed by atoms with Crippen molar-refractivity contribution in [1.82, 2.24) is 4.90 Å². The van der Waals surface area contributed by atoms with E-state index in [1.807, 2.05) is 0 Å². The summed E-state index contributed by atoms with van der Waals surface area (Å²) in [6.45, 7) is 0.964. The third-order valence-electron chi connectivity index (χ3n) is 4.98. The summed E-state index contributed by atoms with van der Waals surface area (Å²) in [5.74, 6) is 0.745. The molecular formula is C21H22Cl2N2O4. The number of halogens is 2. The van der Waals surface area contributed by atoms with Crippen LogP contribution >= 0.6 is 23.2 Å². The minimum absolute atomic E-state index is 0.0925. The first kappa shape index (κ1) is 21.3. The molecule has 1 saturated heterocycles. The minimum atomic E-state index is -0.188. The Labute approximate surface area is 179 Å². The molecule has 0 atom stereocenters. The highest BCUT2D eigenvalue weighted by Gasteiger charge is 2.29. The van der Waals surface area contributed by atoms with E-state index in [4.69, 9.17) is 32.7 Å². The van der Waals surface area contributed by atoms with E-state index in [1.54, 1.807) is 48.4 Å².